The summed E-state index contributed by atoms with van der Waals surface area (Å²) in [7, 11) is 0. The third-order valence-electron chi connectivity index (χ3n) is 6.72. The lowest BCUT2D eigenvalue weighted by molar-refractivity contribution is -0.0328. The van der Waals surface area contributed by atoms with Crippen molar-refractivity contribution in [1.29, 1.82) is 0 Å². The molecule has 0 amide bonds. The molecule has 0 saturated heterocycles. The average Bonchev–Trinajstić information content (AvgIpc) is 2.89. The molecule has 0 aliphatic carbocycles. The van der Waals surface area contributed by atoms with Crippen LogP contribution in [0.25, 0.3) is 0 Å². The summed E-state index contributed by atoms with van der Waals surface area (Å²) in [6, 6.07) is 0. The Kier molecular flexibility index (Phi) is 37.7. The minimum Gasteiger partial charge on any atom is -0.396 e. The van der Waals surface area contributed by atoms with E-state index in [0.717, 1.165) is 24.7 Å². The van der Waals surface area contributed by atoms with Crippen molar-refractivity contribution >= 4 is 0 Å². The van der Waals surface area contributed by atoms with Crippen molar-refractivity contribution in [1.82, 2.24) is 0 Å². The molecule has 228 valence electrons. The molecule has 0 atom stereocenters. The van der Waals surface area contributed by atoms with E-state index in [4.69, 9.17) is 30.6 Å². The summed E-state index contributed by atoms with van der Waals surface area (Å²) < 4.78 is 0. The molecule has 0 rings (SSSR count). The molecular weight excluding hydrogens is 468 g/mol. The zero-order valence-electron chi connectivity index (χ0n) is 25.3. The standard InChI is InChI=1S/2C13H28O.C5H12O4/c2*1-13(2)11-9-7-5-3-4-6-8-10-12-14;6-1-5(2-7,3-8)4-9/h2*13-14H,3-12H2,1-2H3;6-9H,1-4H2. The molecule has 6 heteroatoms. The maximum Gasteiger partial charge on any atom is 0.0627 e. The van der Waals surface area contributed by atoms with E-state index in [-0.39, 0.29) is 0 Å². The van der Waals surface area contributed by atoms with Gasteiger partial charge in [-0.25, -0.2) is 0 Å². The SMILES string of the molecule is CC(C)CCCCCCCCCCO.CC(C)CCCCCCCCCCO.OCC(CO)(CO)CO. The van der Waals surface area contributed by atoms with Crippen LogP contribution in [-0.2, 0) is 0 Å². The van der Waals surface area contributed by atoms with Crippen LogP contribution in [0.2, 0.25) is 0 Å². The number of hydrogen-bond donors (Lipinski definition) is 6. The van der Waals surface area contributed by atoms with Crippen LogP contribution in [0.15, 0.2) is 0 Å². The summed E-state index contributed by atoms with van der Waals surface area (Å²) in [5.41, 5.74) is -1.11. The normalized spacial score (nSPS) is 11.4. The van der Waals surface area contributed by atoms with E-state index in [1.807, 2.05) is 0 Å². The van der Waals surface area contributed by atoms with Crippen molar-refractivity contribution in [2.45, 2.75) is 143 Å². The van der Waals surface area contributed by atoms with Crippen molar-refractivity contribution in [3.63, 3.8) is 0 Å². The average molecular weight is 537 g/mol. The molecule has 0 aromatic carbocycles. The van der Waals surface area contributed by atoms with Crippen LogP contribution >= 0.6 is 0 Å². The molecule has 0 aromatic rings. The molecule has 0 bridgehead atoms. The van der Waals surface area contributed by atoms with Crippen LogP contribution in [0.1, 0.15) is 143 Å². The first-order valence-electron chi connectivity index (χ1n) is 15.4. The number of rotatable bonds is 24. The van der Waals surface area contributed by atoms with Crippen molar-refractivity contribution in [3.05, 3.63) is 0 Å². The Morgan fingerprint density at radius 2 is 0.568 bits per heavy atom. The van der Waals surface area contributed by atoms with Crippen LogP contribution in [0.3, 0.4) is 0 Å². The predicted molar refractivity (Wildman–Crippen MR) is 158 cm³/mol. The highest BCUT2D eigenvalue weighted by atomic mass is 16.3. The minimum absolute atomic E-state index is 0.369. The van der Waals surface area contributed by atoms with Gasteiger partial charge in [-0.05, 0) is 24.7 Å². The van der Waals surface area contributed by atoms with Gasteiger partial charge in [-0.3, -0.25) is 0 Å². The van der Waals surface area contributed by atoms with Crippen molar-refractivity contribution in [3.8, 4) is 0 Å². The van der Waals surface area contributed by atoms with E-state index >= 15 is 0 Å². The van der Waals surface area contributed by atoms with Crippen LogP contribution < -0.4 is 0 Å². The van der Waals surface area contributed by atoms with Gasteiger partial charge in [-0.2, -0.15) is 0 Å². The summed E-state index contributed by atoms with van der Waals surface area (Å²) >= 11 is 0. The Morgan fingerprint density at radius 1 is 0.351 bits per heavy atom. The summed E-state index contributed by atoms with van der Waals surface area (Å²) in [6.45, 7) is 8.32. The highest BCUT2D eigenvalue weighted by Crippen LogP contribution is 2.14. The molecular formula is C31H68O6. The zero-order valence-corrected chi connectivity index (χ0v) is 25.3. The van der Waals surface area contributed by atoms with Gasteiger partial charge in [0.2, 0.25) is 0 Å². The van der Waals surface area contributed by atoms with Gasteiger partial charge in [-0.15, -0.1) is 0 Å². The molecule has 0 fully saturated rings. The fourth-order valence-electron chi connectivity index (χ4n) is 3.75. The number of unbranched alkanes of at least 4 members (excludes halogenated alkanes) is 14. The van der Waals surface area contributed by atoms with Gasteiger partial charge in [0.05, 0.1) is 31.8 Å². The Hall–Kier alpha value is -0.240. The molecule has 0 heterocycles. The highest BCUT2D eigenvalue weighted by molar-refractivity contribution is 4.74. The minimum atomic E-state index is -1.11. The lowest BCUT2D eigenvalue weighted by Crippen LogP contribution is -2.37. The van der Waals surface area contributed by atoms with Crippen molar-refractivity contribution in [2.24, 2.45) is 17.3 Å². The molecule has 6 N–H and O–H groups in total. The van der Waals surface area contributed by atoms with E-state index in [9.17, 15) is 0 Å². The maximum atomic E-state index is 8.59. The Bertz CT molecular complexity index is 342. The van der Waals surface area contributed by atoms with Crippen molar-refractivity contribution in [2.75, 3.05) is 39.6 Å². The second-order valence-electron chi connectivity index (χ2n) is 11.6. The lowest BCUT2D eigenvalue weighted by Gasteiger charge is -2.23. The molecule has 0 saturated carbocycles. The summed E-state index contributed by atoms with van der Waals surface area (Å²) in [4.78, 5) is 0. The van der Waals surface area contributed by atoms with E-state index in [1.165, 1.54) is 103 Å². The third-order valence-corrected chi connectivity index (χ3v) is 6.72. The summed E-state index contributed by atoms with van der Waals surface area (Å²) in [6.07, 6.45) is 23.8. The van der Waals surface area contributed by atoms with Crippen LogP contribution in [-0.4, -0.2) is 70.3 Å². The molecule has 0 unspecified atom stereocenters. The van der Waals surface area contributed by atoms with Gasteiger partial charge in [0.1, 0.15) is 0 Å². The smallest absolute Gasteiger partial charge is 0.0627 e. The summed E-state index contributed by atoms with van der Waals surface area (Å²) in [5.74, 6) is 1.75. The van der Waals surface area contributed by atoms with E-state index in [2.05, 4.69) is 27.7 Å². The second-order valence-corrected chi connectivity index (χ2v) is 11.6. The van der Waals surface area contributed by atoms with Gasteiger partial charge in [0, 0.05) is 13.2 Å². The summed E-state index contributed by atoms with van der Waals surface area (Å²) in [5, 5.41) is 51.2. The molecule has 0 radical (unpaired) electrons. The lowest BCUT2D eigenvalue weighted by atomic mass is 9.93. The van der Waals surface area contributed by atoms with E-state index in [0.29, 0.717) is 13.2 Å². The van der Waals surface area contributed by atoms with Gasteiger partial charge in [-0.1, -0.05) is 130 Å². The van der Waals surface area contributed by atoms with Crippen LogP contribution in [0, 0.1) is 17.3 Å². The quantitative estimate of drug-likeness (QED) is 0.0813. The molecule has 6 nitrogen and oxygen atoms in total. The number of aliphatic hydroxyl groups is 6. The predicted octanol–water partition coefficient (Wildman–Crippen LogP) is 6.23. The van der Waals surface area contributed by atoms with Crippen LogP contribution in [0.4, 0.5) is 0 Å². The first-order valence-corrected chi connectivity index (χ1v) is 15.4. The largest absolute Gasteiger partial charge is 0.396 e. The maximum absolute atomic E-state index is 8.59. The fraction of sp³-hybridized carbons (Fsp3) is 1.00. The molecule has 0 aliphatic rings. The Balaban J connectivity index is -0.000000481. The van der Waals surface area contributed by atoms with Crippen molar-refractivity contribution < 1.29 is 30.6 Å². The van der Waals surface area contributed by atoms with E-state index < -0.39 is 31.8 Å². The van der Waals surface area contributed by atoms with Gasteiger partial charge >= 0.3 is 0 Å². The first-order chi connectivity index (χ1) is 17.8. The Labute approximate surface area is 230 Å². The highest BCUT2D eigenvalue weighted by Gasteiger charge is 2.26. The zero-order chi connectivity index (χ0) is 28.6. The number of aliphatic hydroxyl groups excluding tert-OH is 6. The molecule has 0 spiro atoms. The monoisotopic (exact) mass is 537 g/mol. The second kappa shape index (κ2) is 33.8. The fourth-order valence-corrected chi connectivity index (χ4v) is 3.75. The Morgan fingerprint density at radius 3 is 0.730 bits per heavy atom. The van der Waals surface area contributed by atoms with Gasteiger partial charge < -0.3 is 30.6 Å². The van der Waals surface area contributed by atoms with Gasteiger partial charge in [0.25, 0.3) is 0 Å². The topological polar surface area (TPSA) is 121 Å². The molecule has 0 aromatic heterocycles. The van der Waals surface area contributed by atoms with Crippen LogP contribution in [0.5, 0.6) is 0 Å². The van der Waals surface area contributed by atoms with Gasteiger partial charge in [0.15, 0.2) is 0 Å². The number of hydrogen-bond acceptors (Lipinski definition) is 6. The van der Waals surface area contributed by atoms with E-state index in [1.54, 1.807) is 0 Å². The molecule has 37 heavy (non-hydrogen) atoms. The third kappa shape index (κ3) is 35.8. The first kappa shape index (κ1) is 41.2. The molecule has 0 aliphatic heterocycles.